The minimum Gasteiger partial charge on any atom is -0.373 e. The predicted octanol–water partition coefficient (Wildman–Crippen LogP) is 3.21. The van der Waals surface area contributed by atoms with Crippen molar-refractivity contribution in [2.45, 2.75) is 43.6 Å². The smallest absolute Gasteiger partial charge is 0.191 e. The molecule has 126 valence electrons. The van der Waals surface area contributed by atoms with E-state index < -0.39 is 0 Å². The van der Waals surface area contributed by atoms with E-state index in [9.17, 15) is 0 Å². The van der Waals surface area contributed by atoms with Crippen LogP contribution in [0.2, 0.25) is 0 Å². The molecule has 1 atom stereocenters. The lowest BCUT2D eigenvalue weighted by Gasteiger charge is -2.25. The van der Waals surface area contributed by atoms with Gasteiger partial charge < -0.3 is 15.4 Å². The molecule has 5 heteroatoms. The maximum Gasteiger partial charge on any atom is 0.191 e. The summed E-state index contributed by atoms with van der Waals surface area (Å²) in [7, 11) is 1.83. The molecular weight excluding hydrogens is 354 g/mol. The fraction of sp³-hybridized carbons (Fsp3) is 0.611. The van der Waals surface area contributed by atoms with Crippen molar-refractivity contribution < 1.29 is 4.74 Å². The molecule has 1 saturated carbocycles. The number of ether oxygens (including phenoxy) is 1. The number of rotatable bonds is 5. The molecule has 0 bridgehead atoms. The standard InChI is InChI=1S/C18H26BrN3O/c1-17(7-4-10-23-17)12-21-16(20-2)22-13-18(8-9-18)14-5-3-6-15(19)11-14/h3,5-6,11H,4,7-10,12-13H2,1-2H3,(H2,20,21,22). The van der Waals surface area contributed by atoms with Gasteiger partial charge in [0, 0.05) is 36.6 Å². The topological polar surface area (TPSA) is 45.7 Å². The van der Waals surface area contributed by atoms with E-state index in [2.05, 4.69) is 62.7 Å². The molecule has 2 aliphatic rings. The Balaban J connectivity index is 1.54. The lowest BCUT2D eigenvalue weighted by molar-refractivity contribution is 0.0243. The summed E-state index contributed by atoms with van der Waals surface area (Å²) in [5, 5.41) is 6.92. The maximum atomic E-state index is 5.83. The third kappa shape index (κ3) is 4.07. The highest BCUT2D eigenvalue weighted by molar-refractivity contribution is 9.10. The Morgan fingerprint density at radius 3 is 2.65 bits per heavy atom. The number of guanidine groups is 1. The van der Waals surface area contributed by atoms with Crippen LogP contribution < -0.4 is 10.6 Å². The first-order chi connectivity index (χ1) is 11.1. The zero-order chi connectivity index (χ0) is 16.3. The van der Waals surface area contributed by atoms with Gasteiger partial charge in [0.15, 0.2) is 5.96 Å². The van der Waals surface area contributed by atoms with Crippen LogP contribution in [0, 0.1) is 0 Å². The van der Waals surface area contributed by atoms with Crippen LogP contribution in [0.1, 0.15) is 38.2 Å². The van der Waals surface area contributed by atoms with Crippen LogP contribution in [0.3, 0.4) is 0 Å². The number of benzene rings is 1. The molecule has 0 amide bonds. The van der Waals surface area contributed by atoms with Gasteiger partial charge in [-0.2, -0.15) is 0 Å². The van der Waals surface area contributed by atoms with Crippen molar-refractivity contribution in [1.29, 1.82) is 0 Å². The van der Waals surface area contributed by atoms with Crippen LogP contribution in [0.5, 0.6) is 0 Å². The molecule has 2 N–H and O–H groups in total. The van der Waals surface area contributed by atoms with E-state index in [0.29, 0.717) is 0 Å². The van der Waals surface area contributed by atoms with Gasteiger partial charge in [-0.25, -0.2) is 0 Å². The summed E-state index contributed by atoms with van der Waals surface area (Å²) in [5.41, 5.74) is 1.61. The van der Waals surface area contributed by atoms with Crippen molar-refractivity contribution in [3.8, 4) is 0 Å². The summed E-state index contributed by atoms with van der Waals surface area (Å²) in [6, 6.07) is 8.65. The quantitative estimate of drug-likeness (QED) is 0.609. The van der Waals surface area contributed by atoms with E-state index in [4.69, 9.17) is 4.74 Å². The summed E-state index contributed by atoms with van der Waals surface area (Å²) in [6.45, 7) is 4.76. The van der Waals surface area contributed by atoms with Gasteiger partial charge in [0.2, 0.25) is 0 Å². The Morgan fingerprint density at radius 1 is 1.26 bits per heavy atom. The van der Waals surface area contributed by atoms with Gasteiger partial charge in [0.25, 0.3) is 0 Å². The minimum absolute atomic E-state index is 0.0564. The van der Waals surface area contributed by atoms with E-state index in [-0.39, 0.29) is 11.0 Å². The van der Waals surface area contributed by atoms with Gasteiger partial charge in [-0.05, 0) is 50.3 Å². The SMILES string of the molecule is CN=C(NCC1(C)CCCO1)NCC1(c2cccc(Br)c2)CC1. The molecule has 2 fully saturated rings. The second kappa shape index (κ2) is 6.81. The lowest BCUT2D eigenvalue weighted by atomic mass is 9.96. The first-order valence-corrected chi connectivity index (χ1v) is 9.19. The van der Waals surface area contributed by atoms with Crippen LogP contribution in [0.4, 0.5) is 0 Å². The third-order valence-electron chi connectivity index (χ3n) is 5.04. The molecule has 1 aromatic carbocycles. The summed E-state index contributed by atoms with van der Waals surface area (Å²) in [5.74, 6) is 0.864. The first kappa shape index (κ1) is 16.8. The second-order valence-corrected chi connectivity index (χ2v) is 7.89. The van der Waals surface area contributed by atoms with Crippen molar-refractivity contribution in [1.82, 2.24) is 10.6 Å². The van der Waals surface area contributed by atoms with Gasteiger partial charge >= 0.3 is 0 Å². The zero-order valence-electron chi connectivity index (χ0n) is 14.0. The summed E-state index contributed by atoms with van der Waals surface area (Å²) >= 11 is 3.57. The fourth-order valence-corrected chi connectivity index (χ4v) is 3.66. The molecule has 1 aliphatic carbocycles. The molecule has 3 rings (SSSR count). The highest BCUT2D eigenvalue weighted by atomic mass is 79.9. The highest BCUT2D eigenvalue weighted by Crippen LogP contribution is 2.48. The van der Waals surface area contributed by atoms with E-state index in [1.54, 1.807) is 0 Å². The average Bonchev–Trinajstić information content (AvgIpc) is 3.22. The maximum absolute atomic E-state index is 5.83. The molecule has 1 aromatic rings. The van der Waals surface area contributed by atoms with Gasteiger partial charge in [-0.3, -0.25) is 4.99 Å². The van der Waals surface area contributed by atoms with Crippen molar-refractivity contribution >= 4 is 21.9 Å². The van der Waals surface area contributed by atoms with E-state index in [1.807, 2.05) is 7.05 Å². The Labute approximate surface area is 147 Å². The Kier molecular flexibility index (Phi) is 4.97. The lowest BCUT2D eigenvalue weighted by Crippen LogP contribution is -2.47. The zero-order valence-corrected chi connectivity index (χ0v) is 15.6. The molecular formula is C18H26BrN3O. The van der Waals surface area contributed by atoms with Crippen molar-refractivity contribution in [3.05, 3.63) is 34.3 Å². The third-order valence-corrected chi connectivity index (χ3v) is 5.53. The first-order valence-electron chi connectivity index (χ1n) is 8.40. The molecule has 4 nitrogen and oxygen atoms in total. The van der Waals surface area contributed by atoms with Crippen LogP contribution in [-0.2, 0) is 10.2 Å². The molecule has 0 aromatic heterocycles. The molecule has 1 heterocycles. The van der Waals surface area contributed by atoms with E-state index in [0.717, 1.165) is 43.0 Å². The minimum atomic E-state index is -0.0564. The van der Waals surface area contributed by atoms with E-state index >= 15 is 0 Å². The van der Waals surface area contributed by atoms with Gasteiger partial charge in [-0.15, -0.1) is 0 Å². The van der Waals surface area contributed by atoms with Crippen molar-refractivity contribution in [2.24, 2.45) is 4.99 Å². The Morgan fingerprint density at radius 2 is 2.04 bits per heavy atom. The summed E-state index contributed by atoms with van der Waals surface area (Å²) in [4.78, 5) is 4.35. The number of nitrogens with one attached hydrogen (secondary N) is 2. The monoisotopic (exact) mass is 379 g/mol. The van der Waals surface area contributed by atoms with Crippen LogP contribution >= 0.6 is 15.9 Å². The van der Waals surface area contributed by atoms with Crippen molar-refractivity contribution in [3.63, 3.8) is 0 Å². The molecule has 23 heavy (non-hydrogen) atoms. The summed E-state index contributed by atoms with van der Waals surface area (Å²) < 4.78 is 6.97. The van der Waals surface area contributed by atoms with Gasteiger partial charge in [0.1, 0.15) is 0 Å². The van der Waals surface area contributed by atoms with Gasteiger partial charge in [-0.1, -0.05) is 28.1 Å². The van der Waals surface area contributed by atoms with Crippen LogP contribution in [0.25, 0.3) is 0 Å². The van der Waals surface area contributed by atoms with E-state index in [1.165, 1.54) is 18.4 Å². The van der Waals surface area contributed by atoms with Gasteiger partial charge in [0.05, 0.1) is 5.60 Å². The highest BCUT2D eigenvalue weighted by Gasteiger charge is 2.44. The predicted molar refractivity (Wildman–Crippen MR) is 98.0 cm³/mol. The van der Waals surface area contributed by atoms with Crippen LogP contribution in [-0.4, -0.2) is 38.3 Å². The average molecular weight is 380 g/mol. The molecule has 0 radical (unpaired) electrons. The number of nitrogens with zero attached hydrogens (tertiary/aromatic N) is 1. The van der Waals surface area contributed by atoms with Crippen molar-refractivity contribution in [2.75, 3.05) is 26.7 Å². The molecule has 0 spiro atoms. The number of halogens is 1. The molecule has 1 unspecified atom stereocenters. The molecule has 1 aliphatic heterocycles. The molecule has 1 saturated heterocycles. The Hall–Kier alpha value is -1.07. The normalized spacial score (nSPS) is 26.1. The largest absolute Gasteiger partial charge is 0.373 e. The number of aliphatic imine (C=N–C) groups is 1. The number of hydrogen-bond acceptors (Lipinski definition) is 2. The number of hydrogen-bond donors (Lipinski definition) is 2. The summed E-state index contributed by atoms with van der Waals surface area (Å²) in [6.07, 6.45) is 4.72. The Bertz CT molecular complexity index is 577. The second-order valence-electron chi connectivity index (χ2n) is 6.97. The van der Waals surface area contributed by atoms with Crippen LogP contribution in [0.15, 0.2) is 33.7 Å². The fourth-order valence-electron chi connectivity index (χ4n) is 3.26.